The van der Waals surface area contributed by atoms with Crippen molar-refractivity contribution in [3.63, 3.8) is 0 Å². The van der Waals surface area contributed by atoms with Gasteiger partial charge in [-0.25, -0.2) is 0 Å². The van der Waals surface area contributed by atoms with E-state index in [1.807, 2.05) is 0 Å². The van der Waals surface area contributed by atoms with Crippen molar-refractivity contribution in [3.05, 3.63) is 33.9 Å². The Kier molecular flexibility index (Phi) is 3.89. The van der Waals surface area contributed by atoms with Gasteiger partial charge in [-0.2, -0.15) is 13.2 Å². The van der Waals surface area contributed by atoms with Gasteiger partial charge in [0.2, 0.25) is 0 Å². The topological polar surface area (TPSA) is 72.2 Å². The molecule has 0 radical (unpaired) electrons. The molecule has 0 atom stereocenters. The molecule has 0 heterocycles. The van der Waals surface area contributed by atoms with Crippen LogP contribution in [0.15, 0.2) is 18.2 Å². The number of anilines is 1. The minimum absolute atomic E-state index is 0.119. The van der Waals surface area contributed by atoms with Gasteiger partial charge in [-0.15, -0.1) is 0 Å². The summed E-state index contributed by atoms with van der Waals surface area (Å²) in [6, 6.07) is 2.10. The lowest BCUT2D eigenvalue weighted by molar-refractivity contribution is -0.385. The Morgan fingerprint density at radius 1 is 1.39 bits per heavy atom. The van der Waals surface area contributed by atoms with Crippen molar-refractivity contribution in [2.75, 3.05) is 11.9 Å². The van der Waals surface area contributed by atoms with E-state index < -0.39 is 22.4 Å². The summed E-state index contributed by atoms with van der Waals surface area (Å²) in [7, 11) is 0. The second-order valence-corrected chi connectivity index (χ2v) is 3.58. The van der Waals surface area contributed by atoms with E-state index in [2.05, 4.69) is 5.32 Å². The average Bonchev–Trinajstić information content (AvgIpc) is 2.24. The van der Waals surface area contributed by atoms with Crippen LogP contribution in [0.1, 0.15) is 12.5 Å². The summed E-state index contributed by atoms with van der Waals surface area (Å²) in [5.74, 6) is -0.296. The summed E-state index contributed by atoms with van der Waals surface area (Å²) < 4.78 is 37.5. The van der Waals surface area contributed by atoms with Crippen LogP contribution in [-0.2, 0) is 11.0 Å². The Hall–Kier alpha value is -2.12. The lowest BCUT2D eigenvalue weighted by Gasteiger charge is -2.10. The standard InChI is InChI=1S/C10H9F3N2O3/c1-6(16)5-14-8-2-7(10(11,12)13)3-9(4-8)15(17)18/h2-4,14H,5H2,1H3. The molecule has 5 nitrogen and oxygen atoms in total. The predicted molar refractivity (Wildman–Crippen MR) is 57.3 cm³/mol. The molecule has 1 aromatic rings. The van der Waals surface area contributed by atoms with Gasteiger partial charge in [-0.1, -0.05) is 0 Å². The van der Waals surface area contributed by atoms with Crippen LogP contribution in [0.5, 0.6) is 0 Å². The van der Waals surface area contributed by atoms with E-state index in [1.165, 1.54) is 6.92 Å². The van der Waals surface area contributed by atoms with Gasteiger partial charge in [-0.05, 0) is 13.0 Å². The highest BCUT2D eigenvalue weighted by atomic mass is 19.4. The number of nitrogens with zero attached hydrogens (tertiary/aromatic N) is 1. The Bertz CT molecular complexity index is 486. The zero-order valence-corrected chi connectivity index (χ0v) is 9.25. The van der Waals surface area contributed by atoms with Crippen LogP contribution in [-0.4, -0.2) is 17.3 Å². The molecular weight excluding hydrogens is 253 g/mol. The fourth-order valence-electron chi connectivity index (χ4n) is 1.21. The summed E-state index contributed by atoms with van der Waals surface area (Å²) in [6.07, 6.45) is -4.68. The molecule has 0 unspecified atom stereocenters. The van der Waals surface area contributed by atoms with E-state index in [0.717, 1.165) is 12.1 Å². The van der Waals surface area contributed by atoms with Crippen molar-refractivity contribution < 1.29 is 22.9 Å². The number of halogens is 3. The summed E-state index contributed by atoms with van der Waals surface area (Å²) >= 11 is 0. The van der Waals surface area contributed by atoms with Crippen molar-refractivity contribution in [1.29, 1.82) is 0 Å². The normalized spacial score (nSPS) is 11.1. The summed E-state index contributed by atoms with van der Waals surface area (Å²) in [5, 5.41) is 12.9. The molecule has 0 saturated carbocycles. The van der Waals surface area contributed by atoms with Crippen LogP contribution in [0.4, 0.5) is 24.5 Å². The van der Waals surface area contributed by atoms with Gasteiger partial charge in [0.1, 0.15) is 5.78 Å². The van der Waals surface area contributed by atoms with E-state index >= 15 is 0 Å². The maximum Gasteiger partial charge on any atom is 0.416 e. The molecule has 1 N–H and O–H groups in total. The fourth-order valence-corrected chi connectivity index (χ4v) is 1.21. The van der Waals surface area contributed by atoms with Gasteiger partial charge in [0.25, 0.3) is 5.69 Å². The second-order valence-electron chi connectivity index (χ2n) is 3.58. The molecule has 8 heteroatoms. The zero-order valence-electron chi connectivity index (χ0n) is 9.25. The number of non-ortho nitro benzene ring substituents is 1. The van der Waals surface area contributed by atoms with Crippen LogP contribution in [0, 0.1) is 10.1 Å². The van der Waals surface area contributed by atoms with Gasteiger partial charge in [0.05, 0.1) is 17.0 Å². The lowest BCUT2D eigenvalue weighted by atomic mass is 10.1. The molecule has 0 fully saturated rings. The minimum atomic E-state index is -4.68. The molecule has 0 aliphatic carbocycles. The summed E-state index contributed by atoms with van der Waals surface area (Å²) in [4.78, 5) is 20.3. The smallest absolute Gasteiger partial charge is 0.378 e. The van der Waals surface area contributed by atoms with Gasteiger partial charge in [0.15, 0.2) is 0 Å². The average molecular weight is 262 g/mol. The van der Waals surface area contributed by atoms with Crippen molar-refractivity contribution in [3.8, 4) is 0 Å². The maximum atomic E-state index is 12.5. The van der Waals surface area contributed by atoms with E-state index in [0.29, 0.717) is 6.07 Å². The number of rotatable bonds is 4. The molecule has 1 aromatic carbocycles. The third kappa shape index (κ3) is 3.72. The highest BCUT2D eigenvalue weighted by Crippen LogP contribution is 2.33. The number of Topliss-reactive ketones (excluding diaryl/α,β-unsaturated/α-hetero) is 1. The molecule has 18 heavy (non-hydrogen) atoms. The summed E-state index contributed by atoms with van der Waals surface area (Å²) in [5.41, 5.74) is -1.94. The van der Waals surface area contributed by atoms with Crippen molar-refractivity contribution in [2.45, 2.75) is 13.1 Å². The van der Waals surface area contributed by atoms with E-state index in [-0.39, 0.29) is 18.0 Å². The molecule has 0 spiro atoms. The molecule has 0 aromatic heterocycles. The first-order valence-corrected chi connectivity index (χ1v) is 4.80. The molecule has 0 aliphatic rings. The Balaban J connectivity index is 3.14. The number of hydrogen-bond donors (Lipinski definition) is 1. The van der Waals surface area contributed by atoms with Crippen molar-refractivity contribution in [2.24, 2.45) is 0 Å². The van der Waals surface area contributed by atoms with E-state index in [4.69, 9.17) is 0 Å². The van der Waals surface area contributed by atoms with Crippen molar-refractivity contribution >= 4 is 17.2 Å². The molecule has 98 valence electrons. The number of carbonyl (C=O) groups is 1. The first kappa shape index (κ1) is 13.9. The van der Waals surface area contributed by atoms with Crippen LogP contribution in [0.25, 0.3) is 0 Å². The molecule has 0 aliphatic heterocycles. The quantitative estimate of drug-likeness (QED) is 0.668. The number of nitrogens with one attached hydrogen (secondary N) is 1. The number of alkyl halides is 3. The molecule has 0 amide bonds. The second kappa shape index (κ2) is 5.03. The number of benzene rings is 1. The number of nitro groups is 1. The first-order chi connectivity index (χ1) is 8.20. The highest BCUT2D eigenvalue weighted by molar-refractivity contribution is 5.80. The third-order valence-electron chi connectivity index (χ3n) is 2.00. The van der Waals surface area contributed by atoms with Gasteiger partial charge >= 0.3 is 6.18 Å². The third-order valence-corrected chi connectivity index (χ3v) is 2.00. The van der Waals surface area contributed by atoms with Crippen LogP contribution in [0.2, 0.25) is 0 Å². The van der Waals surface area contributed by atoms with Crippen LogP contribution < -0.4 is 5.32 Å². The zero-order chi connectivity index (χ0) is 13.9. The number of carbonyl (C=O) groups excluding carboxylic acids is 1. The van der Waals surface area contributed by atoms with Crippen LogP contribution in [0.3, 0.4) is 0 Å². The largest absolute Gasteiger partial charge is 0.416 e. The number of hydrogen-bond acceptors (Lipinski definition) is 4. The fraction of sp³-hybridized carbons (Fsp3) is 0.300. The van der Waals surface area contributed by atoms with Gasteiger partial charge in [0, 0.05) is 17.8 Å². The summed E-state index contributed by atoms with van der Waals surface area (Å²) in [6.45, 7) is 1.05. The highest BCUT2D eigenvalue weighted by Gasteiger charge is 2.32. The lowest BCUT2D eigenvalue weighted by Crippen LogP contribution is -2.12. The number of ketones is 1. The van der Waals surface area contributed by atoms with Crippen LogP contribution >= 0.6 is 0 Å². The van der Waals surface area contributed by atoms with Gasteiger partial charge < -0.3 is 5.32 Å². The number of nitro benzene ring substituents is 1. The monoisotopic (exact) mass is 262 g/mol. The molecule has 0 saturated heterocycles. The van der Waals surface area contributed by atoms with E-state index in [9.17, 15) is 28.1 Å². The van der Waals surface area contributed by atoms with E-state index in [1.54, 1.807) is 0 Å². The molecule has 1 rings (SSSR count). The predicted octanol–water partition coefficient (Wildman–Crippen LogP) is 2.61. The maximum absolute atomic E-state index is 12.5. The SMILES string of the molecule is CC(=O)CNc1cc([N+](=O)[O-])cc(C(F)(F)F)c1. The van der Waals surface area contributed by atoms with Crippen molar-refractivity contribution in [1.82, 2.24) is 0 Å². The Labute approximate surface area is 99.8 Å². The molecule has 0 bridgehead atoms. The Morgan fingerprint density at radius 2 is 2.00 bits per heavy atom. The Morgan fingerprint density at radius 3 is 2.44 bits per heavy atom. The van der Waals surface area contributed by atoms with Gasteiger partial charge in [-0.3, -0.25) is 14.9 Å². The minimum Gasteiger partial charge on any atom is -0.378 e. The first-order valence-electron chi connectivity index (χ1n) is 4.80. The molecular formula is C10H9F3N2O3.